The van der Waals surface area contributed by atoms with Crippen molar-refractivity contribution in [1.29, 1.82) is 0 Å². The van der Waals surface area contributed by atoms with Gasteiger partial charge in [0.2, 0.25) is 0 Å². The van der Waals surface area contributed by atoms with Crippen LogP contribution in [0, 0.1) is 5.92 Å². The first kappa shape index (κ1) is 20.2. The number of likely N-dealkylation sites (tertiary alicyclic amines) is 1. The zero-order valence-corrected chi connectivity index (χ0v) is 16.0. The lowest BCUT2D eigenvalue weighted by Crippen LogP contribution is -2.56. The van der Waals surface area contributed by atoms with Gasteiger partial charge < -0.3 is 15.4 Å². The minimum Gasteiger partial charge on any atom is -0.382 e. The van der Waals surface area contributed by atoms with Gasteiger partial charge in [0, 0.05) is 45.4 Å². The number of hydrogen-bond acceptors (Lipinski definition) is 3. The topological polar surface area (TPSA) is 48.9 Å². The third-order valence-electron chi connectivity index (χ3n) is 4.64. The number of guanidine groups is 1. The van der Waals surface area contributed by atoms with Crippen molar-refractivity contribution >= 4 is 5.96 Å². The second kappa shape index (κ2) is 10.9. The van der Waals surface area contributed by atoms with Gasteiger partial charge in [0.1, 0.15) is 0 Å². The highest BCUT2D eigenvalue weighted by atomic mass is 16.5. The highest BCUT2D eigenvalue weighted by Crippen LogP contribution is 2.23. The van der Waals surface area contributed by atoms with E-state index in [0.717, 1.165) is 51.0 Å². The Bertz CT molecular complexity index is 344. The van der Waals surface area contributed by atoms with Gasteiger partial charge in [-0.1, -0.05) is 6.92 Å². The van der Waals surface area contributed by atoms with Gasteiger partial charge in [-0.2, -0.15) is 0 Å². The smallest absolute Gasteiger partial charge is 0.191 e. The van der Waals surface area contributed by atoms with E-state index in [1.807, 2.05) is 14.0 Å². The molecule has 1 unspecified atom stereocenters. The molecule has 0 amide bonds. The molecule has 0 spiro atoms. The summed E-state index contributed by atoms with van der Waals surface area (Å²) in [4.78, 5) is 6.94. The van der Waals surface area contributed by atoms with Crippen molar-refractivity contribution in [2.75, 3.05) is 46.4 Å². The van der Waals surface area contributed by atoms with E-state index in [1.54, 1.807) is 0 Å². The minimum atomic E-state index is 0.154. The van der Waals surface area contributed by atoms with Crippen LogP contribution in [0.5, 0.6) is 0 Å². The quantitative estimate of drug-likeness (QED) is 0.388. The van der Waals surface area contributed by atoms with Crippen LogP contribution in [-0.2, 0) is 4.74 Å². The summed E-state index contributed by atoms with van der Waals surface area (Å²) in [6.45, 7) is 15.0. The standard InChI is InChI=1S/C18H38N4O/c1-6-23-13-8-7-11-20-17(19-5)21-15-18(3,4)22-12-9-10-16(2)14-22/h16H,6-15H2,1-5H3,(H2,19,20,21). The van der Waals surface area contributed by atoms with E-state index >= 15 is 0 Å². The zero-order chi connectivity index (χ0) is 17.1. The molecule has 23 heavy (non-hydrogen) atoms. The summed E-state index contributed by atoms with van der Waals surface area (Å²) in [5, 5.41) is 6.89. The van der Waals surface area contributed by atoms with Crippen LogP contribution in [0.15, 0.2) is 4.99 Å². The second-order valence-corrected chi connectivity index (χ2v) is 7.26. The maximum atomic E-state index is 5.36. The van der Waals surface area contributed by atoms with Crippen molar-refractivity contribution < 1.29 is 4.74 Å². The number of unbranched alkanes of at least 4 members (excludes halogenated alkanes) is 1. The monoisotopic (exact) mass is 326 g/mol. The number of rotatable bonds is 9. The van der Waals surface area contributed by atoms with Crippen molar-refractivity contribution in [3.8, 4) is 0 Å². The molecule has 136 valence electrons. The van der Waals surface area contributed by atoms with Gasteiger partial charge in [0.05, 0.1) is 0 Å². The van der Waals surface area contributed by atoms with Crippen LogP contribution in [-0.4, -0.2) is 62.8 Å². The average Bonchev–Trinajstić information content (AvgIpc) is 2.53. The number of piperidine rings is 1. The Hall–Kier alpha value is -0.810. The molecule has 0 aromatic rings. The number of nitrogens with one attached hydrogen (secondary N) is 2. The fourth-order valence-corrected chi connectivity index (χ4v) is 3.05. The highest BCUT2D eigenvalue weighted by molar-refractivity contribution is 5.79. The predicted molar refractivity (Wildman–Crippen MR) is 99.1 cm³/mol. The number of hydrogen-bond donors (Lipinski definition) is 2. The third-order valence-corrected chi connectivity index (χ3v) is 4.64. The fourth-order valence-electron chi connectivity index (χ4n) is 3.05. The average molecular weight is 327 g/mol. The fraction of sp³-hybridized carbons (Fsp3) is 0.944. The summed E-state index contributed by atoms with van der Waals surface area (Å²) < 4.78 is 5.36. The van der Waals surface area contributed by atoms with Crippen LogP contribution in [0.3, 0.4) is 0 Å². The summed E-state index contributed by atoms with van der Waals surface area (Å²) >= 11 is 0. The molecule has 1 rings (SSSR count). The number of aliphatic imine (C=N–C) groups is 1. The van der Waals surface area contributed by atoms with Crippen LogP contribution < -0.4 is 10.6 Å². The summed E-state index contributed by atoms with van der Waals surface area (Å²) in [6.07, 6.45) is 4.88. The first-order valence-electron chi connectivity index (χ1n) is 9.27. The molecule has 0 aromatic heterocycles. The van der Waals surface area contributed by atoms with Gasteiger partial charge in [-0.15, -0.1) is 0 Å². The normalized spacial score (nSPS) is 20.6. The van der Waals surface area contributed by atoms with Gasteiger partial charge in [-0.05, 0) is 58.9 Å². The molecular weight excluding hydrogens is 288 g/mol. The summed E-state index contributed by atoms with van der Waals surface area (Å²) in [5.41, 5.74) is 0.154. The van der Waals surface area contributed by atoms with Crippen LogP contribution in [0.25, 0.3) is 0 Å². The maximum Gasteiger partial charge on any atom is 0.191 e. The molecule has 5 nitrogen and oxygen atoms in total. The summed E-state index contributed by atoms with van der Waals surface area (Å²) in [5.74, 6) is 1.71. The third kappa shape index (κ3) is 8.02. The lowest BCUT2D eigenvalue weighted by molar-refractivity contribution is 0.0739. The van der Waals surface area contributed by atoms with Gasteiger partial charge in [-0.3, -0.25) is 9.89 Å². The Morgan fingerprint density at radius 2 is 2.09 bits per heavy atom. The lowest BCUT2D eigenvalue weighted by Gasteiger charge is -2.43. The maximum absolute atomic E-state index is 5.36. The Labute approximate surface area is 143 Å². The molecule has 1 saturated heterocycles. The second-order valence-electron chi connectivity index (χ2n) is 7.26. The first-order chi connectivity index (χ1) is 11.0. The van der Waals surface area contributed by atoms with Crippen LogP contribution in [0.1, 0.15) is 53.4 Å². The van der Waals surface area contributed by atoms with Crippen molar-refractivity contribution in [2.45, 2.75) is 58.9 Å². The van der Waals surface area contributed by atoms with E-state index in [-0.39, 0.29) is 5.54 Å². The molecule has 1 heterocycles. The molecule has 1 fully saturated rings. The van der Waals surface area contributed by atoms with Crippen LogP contribution >= 0.6 is 0 Å². The van der Waals surface area contributed by atoms with Gasteiger partial charge in [0.25, 0.3) is 0 Å². The molecule has 1 aliphatic rings. The van der Waals surface area contributed by atoms with Crippen molar-refractivity contribution in [3.05, 3.63) is 0 Å². The molecule has 0 saturated carbocycles. The van der Waals surface area contributed by atoms with Crippen molar-refractivity contribution in [3.63, 3.8) is 0 Å². The van der Waals surface area contributed by atoms with Crippen LogP contribution in [0.4, 0.5) is 0 Å². The lowest BCUT2D eigenvalue weighted by atomic mass is 9.93. The van der Waals surface area contributed by atoms with E-state index in [4.69, 9.17) is 4.74 Å². The van der Waals surface area contributed by atoms with E-state index in [9.17, 15) is 0 Å². The highest BCUT2D eigenvalue weighted by Gasteiger charge is 2.30. The van der Waals surface area contributed by atoms with Gasteiger partial charge in [0.15, 0.2) is 5.96 Å². The Balaban J connectivity index is 2.27. The number of ether oxygens (including phenoxy) is 1. The molecule has 0 aliphatic carbocycles. The molecule has 0 aromatic carbocycles. The van der Waals surface area contributed by atoms with Gasteiger partial charge >= 0.3 is 0 Å². The molecule has 0 radical (unpaired) electrons. The molecule has 1 aliphatic heterocycles. The molecule has 1 atom stereocenters. The predicted octanol–water partition coefficient (Wildman–Crippen LogP) is 2.48. The summed E-state index contributed by atoms with van der Waals surface area (Å²) in [6, 6.07) is 0. The molecular formula is C18H38N4O. The molecule has 0 bridgehead atoms. The SMILES string of the molecule is CCOCCCCNC(=NC)NCC(C)(C)N1CCCC(C)C1. The number of nitrogens with zero attached hydrogens (tertiary/aromatic N) is 2. The largest absolute Gasteiger partial charge is 0.382 e. The Kier molecular flexibility index (Phi) is 9.56. The molecule has 5 heteroatoms. The molecule has 2 N–H and O–H groups in total. The van der Waals surface area contributed by atoms with E-state index < -0.39 is 0 Å². The van der Waals surface area contributed by atoms with Crippen molar-refractivity contribution in [1.82, 2.24) is 15.5 Å². The van der Waals surface area contributed by atoms with Crippen molar-refractivity contribution in [2.24, 2.45) is 10.9 Å². The first-order valence-corrected chi connectivity index (χ1v) is 9.27. The van der Waals surface area contributed by atoms with E-state index in [0.29, 0.717) is 0 Å². The minimum absolute atomic E-state index is 0.154. The van der Waals surface area contributed by atoms with E-state index in [1.165, 1.54) is 25.9 Å². The zero-order valence-electron chi connectivity index (χ0n) is 16.0. The Morgan fingerprint density at radius 3 is 2.74 bits per heavy atom. The van der Waals surface area contributed by atoms with Gasteiger partial charge in [-0.25, -0.2) is 0 Å². The van der Waals surface area contributed by atoms with E-state index in [2.05, 4.69) is 41.3 Å². The summed E-state index contributed by atoms with van der Waals surface area (Å²) in [7, 11) is 1.84. The Morgan fingerprint density at radius 1 is 1.30 bits per heavy atom. The van der Waals surface area contributed by atoms with Crippen LogP contribution in [0.2, 0.25) is 0 Å².